The Hall–Kier alpha value is -3.26. The summed E-state index contributed by atoms with van der Waals surface area (Å²) >= 11 is 5.70. The molecule has 0 spiro atoms. The van der Waals surface area contributed by atoms with Gasteiger partial charge in [0, 0.05) is 17.7 Å². The highest BCUT2D eigenvalue weighted by molar-refractivity contribution is 6.30. The molecule has 0 fully saturated rings. The summed E-state index contributed by atoms with van der Waals surface area (Å²) in [6.07, 6.45) is 1.57. The third kappa shape index (κ3) is 4.97. The minimum absolute atomic E-state index is 0.0757. The van der Waals surface area contributed by atoms with Crippen molar-refractivity contribution in [2.75, 3.05) is 26.1 Å². The van der Waals surface area contributed by atoms with E-state index in [0.717, 1.165) is 5.56 Å². The van der Waals surface area contributed by atoms with Crippen LogP contribution in [0.25, 0.3) is 0 Å². The number of rotatable bonds is 8. The molecule has 7 nitrogen and oxygen atoms in total. The Morgan fingerprint density at radius 1 is 1.21 bits per heavy atom. The van der Waals surface area contributed by atoms with Crippen molar-refractivity contribution in [2.24, 2.45) is 0 Å². The number of methoxy groups -OCH3 is 2. The van der Waals surface area contributed by atoms with Crippen LogP contribution in [0.4, 0.5) is 10.2 Å². The number of hydrogen-bond acceptors (Lipinski definition) is 5. The van der Waals surface area contributed by atoms with Crippen LogP contribution in [0.5, 0.6) is 17.2 Å². The van der Waals surface area contributed by atoms with Gasteiger partial charge in [-0.3, -0.25) is 4.79 Å². The molecule has 0 aliphatic heterocycles. The van der Waals surface area contributed by atoms with Crippen LogP contribution >= 0.6 is 11.6 Å². The SMILES string of the molecule is COc1cccc(Cn2nccc2NC(=O)COc2ccc(F)c(Cl)c2)c1OC. The van der Waals surface area contributed by atoms with Crippen LogP contribution in [0.2, 0.25) is 5.02 Å². The molecule has 0 aliphatic rings. The van der Waals surface area contributed by atoms with Gasteiger partial charge in [0.1, 0.15) is 17.4 Å². The molecule has 3 rings (SSSR count). The van der Waals surface area contributed by atoms with Gasteiger partial charge in [-0.2, -0.15) is 5.10 Å². The normalized spacial score (nSPS) is 10.5. The van der Waals surface area contributed by atoms with Gasteiger partial charge in [0.15, 0.2) is 18.1 Å². The van der Waals surface area contributed by atoms with Gasteiger partial charge in [0.25, 0.3) is 5.91 Å². The molecule has 2 aromatic carbocycles. The van der Waals surface area contributed by atoms with Gasteiger partial charge in [-0.25, -0.2) is 9.07 Å². The first kappa shape index (κ1) is 20.5. The first-order valence-corrected chi connectivity index (χ1v) is 8.99. The molecule has 1 amide bonds. The number of nitrogens with zero attached hydrogens (tertiary/aromatic N) is 2. The highest BCUT2D eigenvalue weighted by Gasteiger charge is 2.14. The molecule has 3 aromatic rings. The van der Waals surface area contributed by atoms with Crippen LogP contribution < -0.4 is 19.5 Å². The number of para-hydroxylation sites is 1. The lowest BCUT2D eigenvalue weighted by atomic mass is 10.2. The van der Waals surface area contributed by atoms with Crippen LogP contribution in [0.3, 0.4) is 0 Å². The molecule has 1 aromatic heterocycles. The minimum Gasteiger partial charge on any atom is -0.493 e. The number of carbonyl (C=O) groups is 1. The molecule has 9 heteroatoms. The topological polar surface area (TPSA) is 74.6 Å². The number of aromatic nitrogens is 2. The molecule has 0 unspecified atom stereocenters. The van der Waals surface area contributed by atoms with E-state index in [1.165, 1.54) is 18.2 Å². The molecular formula is C20H19ClFN3O4. The van der Waals surface area contributed by atoms with E-state index < -0.39 is 11.7 Å². The van der Waals surface area contributed by atoms with Crippen molar-refractivity contribution in [1.82, 2.24) is 9.78 Å². The smallest absolute Gasteiger partial charge is 0.263 e. The molecule has 0 radical (unpaired) electrons. The van der Waals surface area contributed by atoms with Gasteiger partial charge >= 0.3 is 0 Å². The number of anilines is 1. The zero-order valence-corrected chi connectivity index (χ0v) is 16.6. The Balaban J connectivity index is 1.66. The van der Waals surface area contributed by atoms with Crippen molar-refractivity contribution in [3.8, 4) is 17.2 Å². The van der Waals surface area contributed by atoms with Crippen LogP contribution in [0.1, 0.15) is 5.56 Å². The van der Waals surface area contributed by atoms with Gasteiger partial charge in [0.2, 0.25) is 0 Å². The predicted molar refractivity (Wildman–Crippen MR) is 106 cm³/mol. The largest absolute Gasteiger partial charge is 0.493 e. The molecule has 29 heavy (non-hydrogen) atoms. The molecular weight excluding hydrogens is 401 g/mol. The van der Waals surface area contributed by atoms with Gasteiger partial charge < -0.3 is 19.5 Å². The Labute approximate surface area is 171 Å². The maximum Gasteiger partial charge on any atom is 0.263 e. The summed E-state index contributed by atoms with van der Waals surface area (Å²) in [7, 11) is 3.13. The van der Waals surface area contributed by atoms with E-state index in [1.807, 2.05) is 12.1 Å². The summed E-state index contributed by atoms with van der Waals surface area (Å²) in [6.45, 7) is 0.0903. The summed E-state index contributed by atoms with van der Waals surface area (Å²) in [5.74, 6) is 1.03. The van der Waals surface area contributed by atoms with Crippen molar-refractivity contribution in [1.29, 1.82) is 0 Å². The van der Waals surface area contributed by atoms with E-state index in [2.05, 4.69) is 10.4 Å². The lowest BCUT2D eigenvalue weighted by molar-refractivity contribution is -0.118. The van der Waals surface area contributed by atoms with E-state index >= 15 is 0 Å². The van der Waals surface area contributed by atoms with Gasteiger partial charge in [-0.05, 0) is 18.2 Å². The Bertz CT molecular complexity index is 1010. The molecule has 0 aliphatic carbocycles. The Morgan fingerprint density at radius 2 is 2.03 bits per heavy atom. The third-order valence-electron chi connectivity index (χ3n) is 4.05. The summed E-state index contributed by atoms with van der Waals surface area (Å²) in [4.78, 5) is 12.2. The quantitative estimate of drug-likeness (QED) is 0.601. The van der Waals surface area contributed by atoms with E-state index in [9.17, 15) is 9.18 Å². The Kier molecular flexibility index (Phi) is 6.56. The maximum atomic E-state index is 13.2. The van der Waals surface area contributed by atoms with E-state index in [1.54, 1.807) is 37.2 Å². The average molecular weight is 420 g/mol. The maximum absolute atomic E-state index is 13.2. The van der Waals surface area contributed by atoms with Crippen LogP contribution in [0, 0.1) is 5.82 Å². The summed E-state index contributed by atoms with van der Waals surface area (Å²) in [5.41, 5.74) is 0.836. The second kappa shape index (κ2) is 9.29. The lowest BCUT2D eigenvalue weighted by Crippen LogP contribution is -2.22. The monoisotopic (exact) mass is 419 g/mol. The van der Waals surface area contributed by atoms with Crippen LogP contribution in [-0.2, 0) is 11.3 Å². The van der Waals surface area contributed by atoms with Crippen molar-refractivity contribution >= 4 is 23.3 Å². The molecule has 152 valence electrons. The molecule has 1 N–H and O–H groups in total. The zero-order chi connectivity index (χ0) is 20.8. The number of benzene rings is 2. The van der Waals surface area contributed by atoms with E-state index in [0.29, 0.717) is 29.6 Å². The van der Waals surface area contributed by atoms with E-state index in [-0.39, 0.29) is 11.6 Å². The molecule has 0 saturated heterocycles. The molecule has 0 saturated carbocycles. The highest BCUT2D eigenvalue weighted by atomic mass is 35.5. The predicted octanol–water partition coefficient (Wildman–Crippen LogP) is 3.76. The second-order valence-corrected chi connectivity index (χ2v) is 6.35. The number of ether oxygens (including phenoxy) is 3. The first-order valence-electron chi connectivity index (χ1n) is 8.61. The lowest BCUT2D eigenvalue weighted by Gasteiger charge is -2.14. The first-order chi connectivity index (χ1) is 14.0. The fourth-order valence-corrected chi connectivity index (χ4v) is 2.87. The molecule has 0 bridgehead atoms. The average Bonchev–Trinajstić information content (AvgIpc) is 3.15. The number of carbonyl (C=O) groups excluding carboxylic acids is 1. The molecule has 1 heterocycles. The number of halogens is 2. The van der Waals surface area contributed by atoms with Crippen molar-refractivity contribution < 1.29 is 23.4 Å². The summed E-state index contributed by atoms with van der Waals surface area (Å²) < 4.78 is 30.9. The van der Waals surface area contributed by atoms with E-state index in [4.69, 9.17) is 25.8 Å². The van der Waals surface area contributed by atoms with Crippen molar-refractivity contribution in [2.45, 2.75) is 6.54 Å². The van der Waals surface area contributed by atoms with Crippen molar-refractivity contribution in [3.05, 3.63) is 65.1 Å². The fraction of sp³-hybridized carbons (Fsp3) is 0.200. The van der Waals surface area contributed by atoms with Crippen molar-refractivity contribution in [3.63, 3.8) is 0 Å². The summed E-state index contributed by atoms with van der Waals surface area (Å²) in [5, 5.41) is 6.90. The summed E-state index contributed by atoms with van der Waals surface area (Å²) in [6, 6.07) is 11.1. The number of hydrogen-bond donors (Lipinski definition) is 1. The Morgan fingerprint density at radius 3 is 2.76 bits per heavy atom. The number of amides is 1. The minimum atomic E-state index is -0.555. The van der Waals surface area contributed by atoms with Crippen LogP contribution in [0.15, 0.2) is 48.7 Å². The zero-order valence-electron chi connectivity index (χ0n) is 15.8. The standard InChI is InChI=1S/C20H19ClFN3O4/c1-27-17-5-3-4-13(20(17)28-2)11-25-18(8-9-23-25)24-19(26)12-29-14-6-7-16(22)15(21)10-14/h3-10H,11-12H2,1-2H3,(H,24,26). The van der Waals surface area contributed by atoms with Gasteiger partial charge in [-0.15, -0.1) is 0 Å². The van der Waals surface area contributed by atoms with Gasteiger partial charge in [-0.1, -0.05) is 23.7 Å². The molecule has 0 atom stereocenters. The third-order valence-corrected chi connectivity index (χ3v) is 4.34. The van der Waals surface area contributed by atoms with Crippen LogP contribution in [-0.4, -0.2) is 36.5 Å². The fourth-order valence-electron chi connectivity index (χ4n) is 2.70. The second-order valence-electron chi connectivity index (χ2n) is 5.94. The number of nitrogens with one attached hydrogen (secondary N) is 1. The highest BCUT2D eigenvalue weighted by Crippen LogP contribution is 2.31. The van der Waals surface area contributed by atoms with Gasteiger partial charge in [0.05, 0.1) is 32.0 Å².